The molecular weight excluding hydrogens is 282 g/mol. The van der Waals surface area contributed by atoms with Gasteiger partial charge < -0.3 is 4.74 Å². The van der Waals surface area contributed by atoms with E-state index in [1.54, 1.807) is 48.9 Å². The van der Waals surface area contributed by atoms with Crippen molar-refractivity contribution < 1.29 is 9.53 Å². The van der Waals surface area contributed by atoms with Crippen molar-refractivity contribution in [1.82, 2.24) is 14.4 Å². The SMILES string of the molecule is O=C1C[C@H](c2ccncc2)c2c(nc3ccccn3c2=O)O1. The molecule has 108 valence electrons. The van der Waals surface area contributed by atoms with Crippen LogP contribution in [-0.2, 0) is 4.79 Å². The van der Waals surface area contributed by atoms with E-state index in [0.717, 1.165) is 5.56 Å². The average Bonchev–Trinajstić information content (AvgIpc) is 2.55. The minimum Gasteiger partial charge on any atom is -0.407 e. The minimum atomic E-state index is -0.388. The summed E-state index contributed by atoms with van der Waals surface area (Å²) in [6.07, 6.45) is 5.06. The fourth-order valence-electron chi connectivity index (χ4n) is 2.76. The third-order valence-corrected chi connectivity index (χ3v) is 3.77. The largest absolute Gasteiger partial charge is 0.407 e. The number of carbonyl (C=O) groups excluding carboxylic acids is 1. The maximum Gasteiger partial charge on any atom is 0.313 e. The molecule has 3 aromatic heterocycles. The molecule has 0 spiro atoms. The first-order chi connectivity index (χ1) is 10.7. The summed E-state index contributed by atoms with van der Waals surface area (Å²) in [5.41, 5.74) is 1.50. The second kappa shape index (κ2) is 4.77. The summed E-state index contributed by atoms with van der Waals surface area (Å²) in [6, 6.07) is 8.84. The standard InChI is InChI=1S/C16H11N3O3/c20-13-9-11(10-4-6-17-7-5-10)14-15(22-13)18-12-3-1-2-8-19(12)16(14)21/h1-8,11H,9H2/t11-/m1/s1. The van der Waals surface area contributed by atoms with Gasteiger partial charge >= 0.3 is 5.97 Å². The Morgan fingerprint density at radius 3 is 2.77 bits per heavy atom. The van der Waals surface area contributed by atoms with Crippen LogP contribution in [0.3, 0.4) is 0 Å². The van der Waals surface area contributed by atoms with Gasteiger partial charge in [0.15, 0.2) is 0 Å². The fourth-order valence-corrected chi connectivity index (χ4v) is 2.76. The molecule has 0 saturated carbocycles. The van der Waals surface area contributed by atoms with E-state index >= 15 is 0 Å². The Bertz CT molecular complexity index is 934. The van der Waals surface area contributed by atoms with Crippen LogP contribution < -0.4 is 10.3 Å². The van der Waals surface area contributed by atoms with Crippen LogP contribution >= 0.6 is 0 Å². The van der Waals surface area contributed by atoms with Crippen molar-refractivity contribution in [3.8, 4) is 5.88 Å². The molecular formula is C16H11N3O3. The van der Waals surface area contributed by atoms with Crippen LogP contribution in [0, 0.1) is 0 Å². The van der Waals surface area contributed by atoms with E-state index in [-0.39, 0.29) is 29.7 Å². The zero-order valence-electron chi connectivity index (χ0n) is 11.5. The molecule has 1 aliphatic rings. The van der Waals surface area contributed by atoms with Gasteiger partial charge in [-0.1, -0.05) is 6.07 Å². The first-order valence-electron chi connectivity index (χ1n) is 6.86. The highest BCUT2D eigenvalue weighted by Gasteiger charge is 2.33. The maximum absolute atomic E-state index is 12.8. The van der Waals surface area contributed by atoms with Gasteiger partial charge in [-0.25, -0.2) is 0 Å². The number of carbonyl (C=O) groups is 1. The second-order valence-electron chi connectivity index (χ2n) is 5.08. The number of hydrogen-bond acceptors (Lipinski definition) is 5. The highest BCUT2D eigenvalue weighted by molar-refractivity contribution is 5.77. The molecule has 4 heterocycles. The molecule has 0 N–H and O–H groups in total. The monoisotopic (exact) mass is 293 g/mol. The third kappa shape index (κ3) is 1.88. The summed E-state index contributed by atoms with van der Waals surface area (Å²) in [6.45, 7) is 0. The van der Waals surface area contributed by atoms with Crippen LogP contribution in [0.15, 0.2) is 53.7 Å². The van der Waals surface area contributed by atoms with Gasteiger partial charge in [0, 0.05) is 24.5 Å². The number of rotatable bonds is 1. The van der Waals surface area contributed by atoms with E-state index in [9.17, 15) is 9.59 Å². The van der Waals surface area contributed by atoms with Crippen molar-refractivity contribution in [3.05, 3.63) is 70.4 Å². The lowest BCUT2D eigenvalue weighted by molar-refractivity contribution is -0.135. The number of esters is 1. The molecule has 0 aromatic carbocycles. The Morgan fingerprint density at radius 1 is 1.14 bits per heavy atom. The fraction of sp³-hybridized carbons (Fsp3) is 0.125. The first kappa shape index (κ1) is 12.7. The van der Waals surface area contributed by atoms with Gasteiger partial charge in [-0.15, -0.1) is 0 Å². The average molecular weight is 293 g/mol. The van der Waals surface area contributed by atoms with Crippen molar-refractivity contribution in [1.29, 1.82) is 0 Å². The highest BCUT2D eigenvalue weighted by atomic mass is 16.5. The van der Waals surface area contributed by atoms with Gasteiger partial charge in [-0.05, 0) is 29.8 Å². The molecule has 3 aromatic rings. The minimum absolute atomic E-state index is 0.106. The van der Waals surface area contributed by atoms with Gasteiger partial charge in [-0.2, -0.15) is 4.98 Å². The predicted octanol–water partition coefficient (Wildman–Crippen LogP) is 1.53. The normalized spacial score (nSPS) is 17.1. The van der Waals surface area contributed by atoms with E-state index in [2.05, 4.69) is 9.97 Å². The molecule has 0 amide bonds. The molecule has 6 heteroatoms. The van der Waals surface area contributed by atoms with Crippen molar-refractivity contribution >= 4 is 11.6 Å². The van der Waals surface area contributed by atoms with E-state index in [0.29, 0.717) is 11.2 Å². The van der Waals surface area contributed by atoms with Crippen LogP contribution in [0.1, 0.15) is 23.5 Å². The van der Waals surface area contributed by atoms with Gasteiger partial charge in [0.25, 0.3) is 5.56 Å². The van der Waals surface area contributed by atoms with Crippen LogP contribution in [0.25, 0.3) is 5.65 Å². The lowest BCUT2D eigenvalue weighted by atomic mass is 9.89. The van der Waals surface area contributed by atoms with E-state index in [1.165, 1.54) is 4.40 Å². The van der Waals surface area contributed by atoms with Crippen LogP contribution in [0.5, 0.6) is 5.88 Å². The molecule has 0 aliphatic carbocycles. The van der Waals surface area contributed by atoms with Crippen molar-refractivity contribution in [3.63, 3.8) is 0 Å². The second-order valence-corrected chi connectivity index (χ2v) is 5.08. The molecule has 6 nitrogen and oxygen atoms in total. The van der Waals surface area contributed by atoms with E-state index < -0.39 is 0 Å². The Balaban J connectivity index is 2.02. The molecule has 1 aliphatic heterocycles. The molecule has 4 rings (SSSR count). The van der Waals surface area contributed by atoms with Crippen molar-refractivity contribution in [2.75, 3.05) is 0 Å². The maximum atomic E-state index is 12.8. The number of hydrogen-bond donors (Lipinski definition) is 0. The Morgan fingerprint density at radius 2 is 1.95 bits per heavy atom. The summed E-state index contributed by atoms with van der Waals surface area (Å²) in [5, 5.41) is 0. The van der Waals surface area contributed by atoms with Crippen LogP contribution in [0.4, 0.5) is 0 Å². The number of ether oxygens (including phenoxy) is 1. The molecule has 0 fully saturated rings. The summed E-state index contributed by atoms with van der Waals surface area (Å²) < 4.78 is 6.66. The van der Waals surface area contributed by atoms with E-state index in [1.807, 2.05) is 0 Å². The van der Waals surface area contributed by atoms with Gasteiger partial charge in [0.2, 0.25) is 5.88 Å². The van der Waals surface area contributed by atoms with Crippen molar-refractivity contribution in [2.45, 2.75) is 12.3 Å². The molecule has 1 atom stereocenters. The Kier molecular flexibility index (Phi) is 2.75. The highest BCUT2D eigenvalue weighted by Crippen LogP contribution is 2.35. The molecule has 0 unspecified atom stereocenters. The number of aromatic nitrogens is 3. The summed E-state index contributed by atoms with van der Waals surface area (Å²) in [7, 11) is 0. The summed E-state index contributed by atoms with van der Waals surface area (Å²) in [4.78, 5) is 32.9. The third-order valence-electron chi connectivity index (χ3n) is 3.77. The summed E-state index contributed by atoms with van der Waals surface area (Å²) >= 11 is 0. The molecule has 22 heavy (non-hydrogen) atoms. The Hall–Kier alpha value is -3.02. The number of nitrogens with zero attached hydrogens (tertiary/aromatic N) is 3. The van der Waals surface area contributed by atoms with Crippen molar-refractivity contribution in [2.24, 2.45) is 0 Å². The Labute approximate surface area is 125 Å². The van der Waals surface area contributed by atoms with Crippen LogP contribution in [0.2, 0.25) is 0 Å². The smallest absolute Gasteiger partial charge is 0.313 e. The zero-order valence-corrected chi connectivity index (χ0v) is 11.5. The van der Waals surface area contributed by atoms with Crippen LogP contribution in [-0.4, -0.2) is 20.3 Å². The lowest BCUT2D eigenvalue weighted by Crippen LogP contribution is -2.31. The molecule has 0 bridgehead atoms. The van der Waals surface area contributed by atoms with Gasteiger partial charge in [0.1, 0.15) is 5.65 Å². The van der Waals surface area contributed by atoms with E-state index in [4.69, 9.17) is 4.74 Å². The number of pyridine rings is 2. The lowest BCUT2D eigenvalue weighted by Gasteiger charge is -2.23. The van der Waals surface area contributed by atoms with Gasteiger partial charge in [-0.3, -0.25) is 19.0 Å². The number of fused-ring (bicyclic) bond motifs is 2. The quantitative estimate of drug-likeness (QED) is 0.636. The zero-order chi connectivity index (χ0) is 15.1. The first-order valence-corrected chi connectivity index (χ1v) is 6.86. The van der Waals surface area contributed by atoms with Gasteiger partial charge in [0.05, 0.1) is 12.0 Å². The predicted molar refractivity (Wildman–Crippen MR) is 77.8 cm³/mol. The molecule has 0 radical (unpaired) electrons. The summed E-state index contributed by atoms with van der Waals surface area (Å²) in [5.74, 6) is -0.646. The topological polar surface area (TPSA) is 73.6 Å². The molecule has 0 saturated heterocycles.